The predicted molar refractivity (Wildman–Crippen MR) is 99.0 cm³/mol. The van der Waals surface area contributed by atoms with Crippen molar-refractivity contribution in [2.24, 2.45) is 0 Å². The lowest BCUT2D eigenvalue weighted by Crippen LogP contribution is -2.45. The minimum absolute atomic E-state index is 0.0660. The average Bonchev–Trinajstić information content (AvgIpc) is 3.05. The summed E-state index contributed by atoms with van der Waals surface area (Å²) in [7, 11) is 0. The monoisotopic (exact) mass is 369 g/mol. The molecule has 1 atom stereocenters. The molecule has 3 heterocycles. The minimum atomic E-state index is -0.744. The molecule has 1 aliphatic rings. The highest BCUT2D eigenvalue weighted by molar-refractivity contribution is 6.07. The minimum Gasteiger partial charge on any atom is -0.505 e. The van der Waals surface area contributed by atoms with Crippen LogP contribution in [0.25, 0.3) is 22.3 Å². The highest BCUT2D eigenvalue weighted by atomic mass is 19.1. The largest absolute Gasteiger partial charge is 0.505 e. The van der Waals surface area contributed by atoms with E-state index in [1.807, 2.05) is 6.92 Å². The van der Waals surface area contributed by atoms with Crippen LogP contribution in [-0.4, -0.2) is 45.3 Å². The molecule has 7 nitrogen and oxygen atoms in total. The standard InChI is InChI=1S/C19H20FN5O2/c1-10-17-13(19(27)22-12-3-2-6-21-9-12)8-15(23-18(17)25-24-10)11-4-5-16(26)14(20)7-11/h4-5,7-8,12,21,26H,2-3,6,9H2,1H3,(H,22,27)(H,23,24,25). The number of aromatic amines is 1. The van der Waals surface area contributed by atoms with Gasteiger partial charge in [0.05, 0.1) is 16.6 Å². The number of aromatic hydroxyl groups is 1. The van der Waals surface area contributed by atoms with Crippen LogP contribution in [-0.2, 0) is 0 Å². The van der Waals surface area contributed by atoms with Crippen LogP contribution in [0, 0.1) is 12.7 Å². The van der Waals surface area contributed by atoms with Crippen molar-refractivity contribution in [3.8, 4) is 17.0 Å². The number of fused-ring (bicyclic) bond motifs is 1. The van der Waals surface area contributed by atoms with Crippen molar-refractivity contribution in [2.75, 3.05) is 13.1 Å². The number of aromatic nitrogens is 3. The molecule has 0 bridgehead atoms. The smallest absolute Gasteiger partial charge is 0.252 e. The fourth-order valence-electron chi connectivity index (χ4n) is 3.41. The molecule has 0 spiro atoms. The van der Waals surface area contributed by atoms with Gasteiger partial charge in [0.1, 0.15) is 0 Å². The van der Waals surface area contributed by atoms with E-state index in [1.165, 1.54) is 12.1 Å². The van der Waals surface area contributed by atoms with Crippen LogP contribution < -0.4 is 10.6 Å². The fraction of sp³-hybridized carbons (Fsp3) is 0.316. The van der Waals surface area contributed by atoms with E-state index < -0.39 is 11.6 Å². The summed E-state index contributed by atoms with van der Waals surface area (Å²) in [5, 5.41) is 23.4. The van der Waals surface area contributed by atoms with Crippen molar-refractivity contribution in [3.05, 3.63) is 41.3 Å². The van der Waals surface area contributed by atoms with Crippen LogP contribution in [0.4, 0.5) is 4.39 Å². The highest BCUT2D eigenvalue weighted by Gasteiger charge is 2.21. The summed E-state index contributed by atoms with van der Waals surface area (Å²) in [6.45, 7) is 3.53. The molecule has 4 N–H and O–H groups in total. The summed E-state index contributed by atoms with van der Waals surface area (Å²) in [5.74, 6) is -1.38. The molecule has 0 radical (unpaired) electrons. The number of nitrogens with one attached hydrogen (secondary N) is 3. The molecule has 140 valence electrons. The first-order valence-electron chi connectivity index (χ1n) is 8.89. The van der Waals surface area contributed by atoms with Crippen molar-refractivity contribution in [3.63, 3.8) is 0 Å². The first-order valence-corrected chi connectivity index (χ1v) is 8.89. The third-order valence-corrected chi connectivity index (χ3v) is 4.83. The number of amides is 1. The Morgan fingerprint density at radius 3 is 2.96 bits per heavy atom. The SMILES string of the molecule is Cc1[nH]nc2nc(-c3ccc(O)c(F)c3)cc(C(=O)NC3CCCNC3)c12. The molecule has 0 saturated carbocycles. The number of benzene rings is 1. The highest BCUT2D eigenvalue weighted by Crippen LogP contribution is 2.28. The zero-order valence-electron chi connectivity index (χ0n) is 14.8. The van der Waals surface area contributed by atoms with Crippen molar-refractivity contribution in [2.45, 2.75) is 25.8 Å². The second-order valence-electron chi connectivity index (χ2n) is 6.79. The van der Waals surface area contributed by atoms with Crippen molar-refractivity contribution < 1.29 is 14.3 Å². The Kier molecular flexibility index (Phi) is 4.49. The summed E-state index contributed by atoms with van der Waals surface area (Å²) in [6, 6.07) is 5.72. The molecule has 4 rings (SSSR count). The number of hydrogen-bond donors (Lipinski definition) is 4. The van der Waals surface area contributed by atoms with E-state index in [0.29, 0.717) is 27.9 Å². The van der Waals surface area contributed by atoms with Crippen LogP contribution >= 0.6 is 0 Å². The van der Waals surface area contributed by atoms with Crippen LogP contribution in [0.1, 0.15) is 28.9 Å². The third kappa shape index (κ3) is 3.35. The molecular weight excluding hydrogens is 349 g/mol. The molecule has 2 aromatic heterocycles. The Hall–Kier alpha value is -3.00. The topological polar surface area (TPSA) is 103 Å². The van der Waals surface area contributed by atoms with Crippen LogP contribution in [0.15, 0.2) is 24.3 Å². The molecule has 27 heavy (non-hydrogen) atoms. The number of carbonyl (C=O) groups excluding carboxylic acids is 1. The lowest BCUT2D eigenvalue weighted by atomic mass is 10.0. The quantitative estimate of drug-likeness (QED) is 0.567. The zero-order chi connectivity index (χ0) is 19.0. The summed E-state index contributed by atoms with van der Waals surface area (Å²) in [4.78, 5) is 17.4. The summed E-state index contributed by atoms with van der Waals surface area (Å²) >= 11 is 0. The number of piperidine rings is 1. The van der Waals surface area contributed by atoms with Gasteiger partial charge in [0, 0.05) is 23.8 Å². The van der Waals surface area contributed by atoms with E-state index in [0.717, 1.165) is 31.6 Å². The fourth-order valence-corrected chi connectivity index (χ4v) is 3.41. The van der Waals surface area contributed by atoms with Gasteiger partial charge in [-0.25, -0.2) is 9.37 Å². The van der Waals surface area contributed by atoms with Gasteiger partial charge in [0.15, 0.2) is 17.2 Å². The van der Waals surface area contributed by atoms with E-state index >= 15 is 0 Å². The number of halogens is 1. The maximum atomic E-state index is 13.8. The third-order valence-electron chi connectivity index (χ3n) is 4.83. The van der Waals surface area contributed by atoms with E-state index in [-0.39, 0.29) is 11.9 Å². The maximum Gasteiger partial charge on any atom is 0.252 e. The molecule has 0 aliphatic carbocycles. The van der Waals surface area contributed by atoms with Gasteiger partial charge >= 0.3 is 0 Å². The average molecular weight is 369 g/mol. The number of hydrogen-bond acceptors (Lipinski definition) is 5. The number of H-pyrrole nitrogens is 1. The lowest BCUT2D eigenvalue weighted by Gasteiger charge is -2.24. The normalized spacial score (nSPS) is 17.2. The molecule has 1 amide bonds. The van der Waals surface area contributed by atoms with Crippen molar-refractivity contribution >= 4 is 16.9 Å². The van der Waals surface area contributed by atoms with Crippen molar-refractivity contribution in [1.29, 1.82) is 0 Å². The first kappa shape index (κ1) is 17.4. The molecule has 1 saturated heterocycles. The van der Waals surface area contributed by atoms with Crippen LogP contribution in [0.5, 0.6) is 5.75 Å². The Morgan fingerprint density at radius 1 is 1.37 bits per heavy atom. The second kappa shape index (κ2) is 6.96. The molecule has 1 unspecified atom stereocenters. The zero-order valence-corrected chi connectivity index (χ0v) is 14.8. The molecule has 1 aromatic carbocycles. The summed E-state index contributed by atoms with van der Waals surface area (Å²) in [5.41, 5.74) is 2.46. The van der Waals surface area contributed by atoms with E-state index in [2.05, 4.69) is 25.8 Å². The van der Waals surface area contributed by atoms with Crippen LogP contribution in [0.2, 0.25) is 0 Å². The van der Waals surface area contributed by atoms with Gasteiger partial charge in [-0.2, -0.15) is 5.10 Å². The first-order chi connectivity index (χ1) is 13.0. The van der Waals surface area contributed by atoms with Gasteiger partial charge in [-0.3, -0.25) is 9.89 Å². The van der Waals surface area contributed by atoms with Gasteiger partial charge < -0.3 is 15.7 Å². The summed E-state index contributed by atoms with van der Waals surface area (Å²) < 4.78 is 13.8. The van der Waals surface area contributed by atoms with Gasteiger partial charge in [0.2, 0.25) is 0 Å². The van der Waals surface area contributed by atoms with E-state index in [1.54, 1.807) is 12.1 Å². The maximum absolute atomic E-state index is 13.8. The lowest BCUT2D eigenvalue weighted by molar-refractivity contribution is 0.0932. The second-order valence-corrected chi connectivity index (χ2v) is 6.79. The molecule has 3 aromatic rings. The molecule has 8 heteroatoms. The molecule has 1 fully saturated rings. The number of aryl methyl sites for hydroxylation is 1. The summed E-state index contributed by atoms with van der Waals surface area (Å²) in [6.07, 6.45) is 1.94. The number of nitrogens with zero attached hydrogens (tertiary/aromatic N) is 2. The predicted octanol–water partition coefficient (Wildman–Crippen LogP) is 2.26. The Labute approximate surface area is 155 Å². The Balaban J connectivity index is 1.76. The van der Waals surface area contributed by atoms with Gasteiger partial charge in [0.25, 0.3) is 5.91 Å². The van der Waals surface area contributed by atoms with Gasteiger partial charge in [-0.15, -0.1) is 0 Å². The molecular formula is C19H20FN5O2. The van der Waals surface area contributed by atoms with E-state index in [4.69, 9.17) is 0 Å². The molecule has 1 aliphatic heterocycles. The number of phenolic OH excluding ortho intramolecular Hbond substituents is 1. The number of rotatable bonds is 3. The number of carbonyl (C=O) groups is 1. The van der Waals surface area contributed by atoms with E-state index in [9.17, 15) is 14.3 Å². The number of phenols is 1. The Bertz CT molecular complexity index is 1010. The van der Waals surface area contributed by atoms with Crippen molar-refractivity contribution in [1.82, 2.24) is 25.8 Å². The van der Waals surface area contributed by atoms with Crippen LogP contribution in [0.3, 0.4) is 0 Å². The Morgan fingerprint density at radius 2 is 2.22 bits per heavy atom. The van der Waals surface area contributed by atoms with Gasteiger partial charge in [-0.05, 0) is 50.6 Å². The van der Waals surface area contributed by atoms with Gasteiger partial charge in [-0.1, -0.05) is 0 Å². The number of pyridine rings is 1.